The Balaban J connectivity index is 1.81. The van der Waals surface area contributed by atoms with Crippen molar-refractivity contribution in [1.29, 1.82) is 0 Å². The first kappa shape index (κ1) is 12.4. The first-order valence-electron chi connectivity index (χ1n) is 7.07. The van der Waals surface area contributed by atoms with Crippen molar-refractivity contribution in [3.8, 4) is 0 Å². The molecular formula is C14H28N2. The lowest BCUT2D eigenvalue weighted by Gasteiger charge is -2.42. The van der Waals surface area contributed by atoms with Crippen LogP contribution in [0.1, 0.15) is 59.3 Å². The Morgan fingerprint density at radius 1 is 0.938 bits per heavy atom. The molecule has 0 bridgehead atoms. The molecule has 0 aromatic heterocycles. The van der Waals surface area contributed by atoms with Crippen molar-refractivity contribution in [3.63, 3.8) is 0 Å². The van der Waals surface area contributed by atoms with E-state index in [4.69, 9.17) is 0 Å². The maximum absolute atomic E-state index is 3.88. The third-order valence-electron chi connectivity index (χ3n) is 4.20. The van der Waals surface area contributed by atoms with E-state index in [1.165, 1.54) is 51.6 Å². The van der Waals surface area contributed by atoms with Crippen LogP contribution in [-0.2, 0) is 0 Å². The average molecular weight is 224 g/mol. The highest BCUT2D eigenvalue weighted by atomic mass is 15.2. The van der Waals surface area contributed by atoms with Crippen molar-refractivity contribution >= 4 is 0 Å². The number of nitrogens with zero attached hydrogens (tertiary/aromatic N) is 1. The molecule has 1 saturated carbocycles. The minimum absolute atomic E-state index is 0.343. The van der Waals surface area contributed by atoms with E-state index >= 15 is 0 Å². The molecule has 94 valence electrons. The van der Waals surface area contributed by atoms with E-state index in [2.05, 4.69) is 31.0 Å². The zero-order valence-corrected chi connectivity index (χ0v) is 11.3. The molecule has 1 aliphatic heterocycles. The molecule has 0 spiro atoms. The lowest BCUT2D eigenvalue weighted by molar-refractivity contribution is 0.0875. The van der Waals surface area contributed by atoms with Gasteiger partial charge in [0.1, 0.15) is 0 Å². The molecule has 1 atom stereocenters. The molecule has 1 heterocycles. The zero-order chi connectivity index (χ0) is 11.6. The summed E-state index contributed by atoms with van der Waals surface area (Å²) in [7, 11) is 0. The number of piperidine rings is 1. The van der Waals surface area contributed by atoms with E-state index in [9.17, 15) is 0 Å². The van der Waals surface area contributed by atoms with Crippen molar-refractivity contribution in [1.82, 2.24) is 10.2 Å². The Hall–Kier alpha value is -0.0800. The van der Waals surface area contributed by atoms with Gasteiger partial charge in [-0.15, -0.1) is 0 Å². The second-order valence-corrected chi connectivity index (χ2v) is 6.60. The molecule has 2 nitrogen and oxygen atoms in total. The van der Waals surface area contributed by atoms with Crippen molar-refractivity contribution in [2.75, 3.05) is 13.1 Å². The van der Waals surface area contributed by atoms with Crippen LogP contribution in [-0.4, -0.2) is 35.6 Å². The van der Waals surface area contributed by atoms with Crippen molar-refractivity contribution in [3.05, 3.63) is 0 Å². The SMILES string of the molecule is CC(C)(C)N1CCCC(NC2CCCC2)C1. The predicted molar refractivity (Wildman–Crippen MR) is 69.7 cm³/mol. The summed E-state index contributed by atoms with van der Waals surface area (Å²) in [6.07, 6.45) is 8.43. The van der Waals surface area contributed by atoms with Crippen LogP contribution < -0.4 is 5.32 Å². The molecular weight excluding hydrogens is 196 g/mol. The van der Waals surface area contributed by atoms with Crippen LogP contribution in [0.25, 0.3) is 0 Å². The number of rotatable bonds is 2. The minimum atomic E-state index is 0.343. The highest BCUT2D eigenvalue weighted by Crippen LogP contribution is 2.23. The molecule has 1 aliphatic carbocycles. The van der Waals surface area contributed by atoms with Crippen LogP contribution in [0.2, 0.25) is 0 Å². The van der Waals surface area contributed by atoms with E-state index in [0.717, 1.165) is 12.1 Å². The third kappa shape index (κ3) is 3.21. The summed E-state index contributed by atoms with van der Waals surface area (Å²) in [5.41, 5.74) is 0.343. The normalized spacial score (nSPS) is 29.8. The summed E-state index contributed by atoms with van der Waals surface area (Å²) in [5.74, 6) is 0. The Bertz CT molecular complexity index is 213. The van der Waals surface area contributed by atoms with E-state index in [-0.39, 0.29) is 0 Å². The summed E-state index contributed by atoms with van der Waals surface area (Å²) >= 11 is 0. The van der Waals surface area contributed by atoms with Crippen molar-refractivity contribution < 1.29 is 0 Å². The van der Waals surface area contributed by atoms with Crippen LogP contribution in [0.5, 0.6) is 0 Å². The molecule has 16 heavy (non-hydrogen) atoms. The highest BCUT2D eigenvalue weighted by molar-refractivity contribution is 4.88. The second kappa shape index (κ2) is 5.05. The molecule has 2 rings (SSSR count). The van der Waals surface area contributed by atoms with Gasteiger partial charge in [0, 0.05) is 24.2 Å². The molecule has 2 fully saturated rings. The van der Waals surface area contributed by atoms with Gasteiger partial charge in [-0.3, -0.25) is 4.90 Å². The molecule has 1 N–H and O–H groups in total. The average Bonchev–Trinajstić information content (AvgIpc) is 2.70. The van der Waals surface area contributed by atoms with E-state index in [0.29, 0.717) is 5.54 Å². The predicted octanol–water partition coefficient (Wildman–Crippen LogP) is 2.78. The molecule has 2 aliphatic rings. The Morgan fingerprint density at radius 3 is 2.19 bits per heavy atom. The topological polar surface area (TPSA) is 15.3 Å². The van der Waals surface area contributed by atoms with Gasteiger partial charge in [-0.05, 0) is 53.0 Å². The van der Waals surface area contributed by atoms with Crippen LogP contribution >= 0.6 is 0 Å². The molecule has 0 aromatic carbocycles. The van der Waals surface area contributed by atoms with Crippen LogP contribution in [0.4, 0.5) is 0 Å². The molecule has 1 saturated heterocycles. The van der Waals surface area contributed by atoms with Gasteiger partial charge < -0.3 is 5.32 Å². The number of nitrogens with one attached hydrogen (secondary N) is 1. The van der Waals surface area contributed by atoms with Crippen LogP contribution in [0.3, 0.4) is 0 Å². The van der Waals surface area contributed by atoms with Gasteiger partial charge in [0.2, 0.25) is 0 Å². The summed E-state index contributed by atoms with van der Waals surface area (Å²) in [6.45, 7) is 9.55. The first-order chi connectivity index (χ1) is 7.55. The monoisotopic (exact) mass is 224 g/mol. The third-order valence-corrected chi connectivity index (χ3v) is 4.20. The fourth-order valence-corrected chi connectivity index (χ4v) is 3.15. The van der Waals surface area contributed by atoms with E-state index < -0.39 is 0 Å². The van der Waals surface area contributed by atoms with Crippen LogP contribution in [0, 0.1) is 0 Å². The van der Waals surface area contributed by atoms with Gasteiger partial charge in [-0.2, -0.15) is 0 Å². The fraction of sp³-hybridized carbons (Fsp3) is 1.00. The summed E-state index contributed by atoms with van der Waals surface area (Å²) in [6, 6.07) is 1.57. The standard InChI is InChI=1S/C14H28N2/c1-14(2,3)16-10-6-9-13(11-16)15-12-7-4-5-8-12/h12-13,15H,4-11H2,1-3H3. The minimum Gasteiger partial charge on any atom is -0.310 e. The maximum Gasteiger partial charge on any atom is 0.0198 e. The smallest absolute Gasteiger partial charge is 0.0198 e. The molecule has 0 amide bonds. The number of hydrogen-bond acceptors (Lipinski definition) is 2. The van der Waals surface area contributed by atoms with Gasteiger partial charge in [-0.25, -0.2) is 0 Å². The molecule has 0 radical (unpaired) electrons. The number of likely N-dealkylation sites (tertiary alicyclic amines) is 1. The Morgan fingerprint density at radius 2 is 1.56 bits per heavy atom. The molecule has 1 unspecified atom stereocenters. The Kier molecular flexibility index (Phi) is 3.91. The van der Waals surface area contributed by atoms with Crippen molar-refractivity contribution in [2.45, 2.75) is 76.9 Å². The van der Waals surface area contributed by atoms with Gasteiger partial charge in [-0.1, -0.05) is 12.8 Å². The van der Waals surface area contributed by atoms with E-state index in [1.807, 2.05) is 0 Å². The van der Waals surface area contributed by atoms with Gasteiger partial charge in [0.15, 0.2) is 0 Å². The van der Waals surface area contributed by atoms with Crippen LogP contribution in [0.15, 0.2) is 0 Å². The highest BCUT2D eigenvalue weighted by Gasteiger charge is 2.29. The number of hydrogen-bond donors (Lipinski definition) is 1. The largest absolute Gasteiger partial charge is 0.310 e. The summed E-state index contributed by atoms with van der Waals surface area (Å²) < 4.78 is 0. The summed E-state index contributed by atoms with van der Waals surface area (Å²) in [4.78, 5) is 2.64. The lowest BCUT2D eigenvalue weighted by Crippen LogP contribution is -2.54. The van der Waals surface area contributed by atoms with E-state index in [1.54, 1.807) is 0 Å². The second-order valence-electron chi connectivity index (χ2n) is 6.60. The quantitative estimate of drug-likeness (QED) is 0.776. The molecule has 0 aromatic rings. The zero-order valence-electron chi connectivity index (χ0n) is 11.3. The van der Waals surface area contributed by atoms with Gasteiger partial charge >= 0.3 is 0 Å². The molecule has 2 heteroatoms. The van der Waals surface area contributed by atoms with Gasteiger partial charge in [0.05, 0.1) is 0 Å². The first-order valence-corrected chi connectivity index (χ1v) is 7.07. The maximum atomic E-state index is 3.88. The van der Waals surface area contributed by atoms with Crippen molar-refractivity contribution in [2.24, 2.45) is 0 Å². The van der Waals surface area contributed by atoms with Gasteiger partial charge in [0.25, 0.3) is 0 Å². The lowest BCUT2D eigenvalue weighted by atomic mass is 9.97. The summed E-state index contributed by atoms with van der Waals surface area (Å²) in [5, 5.41) is 3.88. The fourth-order valence-electron chi connectivity index (χ4n) is 3.15. The Labute approximate surface area is 101 Å².